The van der Waals surface area contributed by atoms with Crippen molar-refractivity contribution >= 4 is 23.3 Å². The first-order valence-electron chi connectivity index (χ1n) is 11.9. The van der Waals surface area contributed by atoms with E-state index in [1.165, 1.54) is 17.0 Å². The summed E-state index contributed by atoms with van der Waals surface area (Å²) in [5.74, 6) is -0.715. The van der Waals surface area contributed by atoms with Gasteiger partial charge in [0.2, 0.25) is 11.8 Å². The number of hydrogen-bond donors (Lipinski definition) is 2. The van der Waals surface area contributed by atoms with Crippen LogP contribution in [0.3, 0.4) is 0 Å². The number of ether oxygens (including phenoxy) is 1. The zero-order chi connectivity index (χ0) is 28.0. The van der Waals surface area contributed by atoms with Gasteiger partial charge in [0, 0.05) is 17.3 Å². The van der Waals surface area contributed by atoms with Crippen LogP contribution in [0, 0.1) is 6.92 Å². The number of para-hydroxylation sites is 1. The Balaban J connectivity index is 1.38. The number of rotatable bonds is 9. The molecule has 0 aliphatic carbocycles. The Morgan fingerprint density at radius 1 is 0.897 bits per heavy atom. The maximum atomic E-state index is 12.9. The molecule has 0 radical (unpaired) electrons. The second-order valence-corrected chi connectivity index (χ2v) is 8.87. The average molecular weight is 538 g/mol. The molecule has 3 aromatic carbocycles. The van der Waals surface area contributed by atoms with Gasteiger partial charge >= 0.3 is 6.36 Å². The van der Waals surface area contributed by atoms with Crippen molar-refractivity contribution in [3.63, 3.8) is 0 Å². The fourth-order valence-corrected chi connectivity index (χ4v) is 3.77. The van der Waals surface area contributed by atoms with Crippen molar-refractivity contribution in [2.75, 3.05) is 30.8 Å². The zero-order valence-electron chi connectivity index (χ0n) is 21.2. The number of nitrogens with one attached hydrogen (secondary N) is 2. The first-order valence-corrected chi connectivity index (χ1v) is 11.9. The van der Waals surface area contributed by atoms with Crippen molar-refractivity contribution in [3.8, 4) is 22.7 Å². The highest BCUT2D eigenvalue weighted by atomic mass is 19.4. The number of carbonyl (C=O) groups excluding carboxylic acids is 2. The third-order valence-corrected chi connectivity index (χ3v) is 5.52. The van der Waals surface area contributed by atoms with E-state index >= 15 is 0 Å². The lowest BCUT2D eigenvalue weighted by Gasteiger charge is -2.16. The fraction of sp³-hybridized carbons (Fsp3) is 0.179. The van der Waals surface area contributed by atoms with Gasteiger partial charge in [0.25, 0.3) is 0 Å². The van der Waals surface area contributed by atoms with Gasteiger partial charge in [0.15, 0.2) is 0 Å². The van der Waals surface area contributed by atoms with Gasteiger partial charge in [0.1, 0.15) is 11.6 Å². The molecule has 2 N–H and O–H groups in total. The predicted molar refractivity (Wildman–Crippen MR) is 142 cm³/mol. The summed E-state index contributed by atoms with van der Waals surface area (Å²) in [6.45, 7) is 1.78. The quantitative estimate of drug-likeness (QED) is 0.304. The molecule has 0 spiro atoms. The molecular formula is C28H26F3N5O3. The van der Waals surface area contributed by atoms with Crippen LogP contribution in [0.2, 0.25) is 0 Å². The van der Waals surface area contributed by atoms with Crippen LogP contribution < -0.4 is 15.4 Å². The Morgan fingerprint density at radius 3 is 2.13 bits per heavy atom. The molecular weight excluding hydrogens is 511 g/mol. The van der Waals surface area contributed by atoms with Crippen molar-refractivity contribution < 1.29 is 27.5 Å². The maximum absolute atomic E-state index is 12.9. The smallest absolute Gasteiger partial charge is 0.406 e. The second kappa shape index (κ2) is 11.8. The number of aryl methyl sites for hydroxylation is 1. The molecule has 1 heterocycles. The van der Waals surface area contributed by atoms with Crippen LogP contribution in [0.5, 0.6) is 5.75 Å². The highest BCUT2D eigenvalue weighted by Crippen LogP contribution is 2.26. The summed E-state index contributed by atoms with van der Waals surface area (Å²) in [4.78, 5) is 26.8. The van der Waals surface area contributed by atoms with Crippen molar-refractivity contribution in [2.24, 2.45) is 0 Å². The highest BCUT2D eigenvalue weighted by Gasteiger charge is 2.31. The van der Waals surface area contributed by atoms with Crippen LogP contribution in [0.15, 0.2) is 84.9 Å². The molecule has 0 saturated heterocycles. The number of nitrogens with zero attached hydrogens (tertiary/aromatic N) is 3. The van der Waals surface area contributed by atoms with Crippen molar-refractivity contribution in [1.82, 2.24) is 14.7 Å². The third-order valence-electron chi connectivity index (χ3n) is 5.52. The summed E-state index contributed by atoms with van der Waals surface area (Å²) in [6.07, 6.45) is -4.80. The van der Waals surface area contributed by atoms with E-state index in [2.05, 4.69) is 20.5 Å². The number of likely N-dealkylation sites (N-methyl/N-ethyl adjacent to an activating group) is 1. The Morgan fingerprint density at radius 2 is 1.51 bits per heavy atom. The van der Waals surface area contributed by atoms with Crippen molar-refractivity contribution in [1.29, 1.82) is 0 Å². The molecule has 2 amide bonds. The molecule has 0 fully saturated rings. The summed E-state index contributed by atoms with van der Waals surface area (Å²) in [5.41, 5.74) is 3.77. The number of hydrogen-bond acceptors (Lipinski definition) is 5. The minimum absolute atomic E-state index is 0.0917. The highest BCUT2D eigenvalue weighted by molar-refractivity contribution is 5.94. The third kappa shape index (κ3) is 7.92. The second-order valence-electron chi connectivity index (χ2n) is 8.87. The van der Waals surface area contributed by atoms with Crippen molar-refractivity contribution in [2.45, 2.75) is 13.3 Å². The Labute approximate surface area is 223 Å². The van der Waals surface area contributed by atoms with E-state index in [-0.39, 0.29) is 19.0 Å². The summed E-state index contributed by atoms with van der Waals surface area (Å²) in [5, 5.41) is 10.1. The molecule has 202 valence electrons. The van der Waals surface area contributed by atoms with Gasteiger partial charge in [-0.1, -0.05) is 48.0 Å². The maximum Gasteiger partial charge on any atom is 0.573 e. The summed E-state index contributed by atoms with van der Waals surface area (Å²) >= 11 is 0. The molecule has 8 nitrogen and oxygen atoms in total. The SMILES string of the molecule is Cc1ccc(-c2cc(NC(=O)CN(C)CC(=O)Nc3ccc(OC(F)(F)F)cc3)n(-c3ccccc3)n2)cc1. The molecule has 0 aliphatic heterocycles. The number of aromatic nitrogens is 2. The van der Waals surface area contributed by atoms with E-state index in [1.54, 1.807) is 17.8 Å². The predicted octanol–water partition coefficient (Wildman–Crippen LogP) is 5.26. The molecule has 0 saturated carbocycles. The lowest BCUT2D eigenvalue weighted by Crippen LogP contribution is -2.36. The fourth-order valence-electron chi connectivity index (χ4n) is 3.77. The molecule has 1 aromatic heterocycles. The van der Waals surface area contributed by atoms with E-state index in [0.29, 0.717) is 17.2 Å². The minimum atomic E-state index is -4.80. The molecule has 0 aliphatic rings. The summed E-state index contributed by atoms with van der Waals surface area (Å²) in [6, 6.07) is 23.8. The lowest BCUT2D eigenvalue weighted by molar-refractivity contribution is -0.274. The van der Waals surface area contributed by atoms with Crippen LogP contribution in [0.4, 0.5) is 24.7 Å². The molecule has 39 heavy (non-hydrogen) atoms. The number of alkyl halides is 3. The van der Waals surface area contributed by atoms with Gasteiger partial charge in [-0.3, -0.25) is 14.5 Å². The van der Waals surface area contributed by atoms with Gasteiger partial charge in [0.05, 0.1) is 24.5 Å². The van der Waals surface area contributed by atoms with Gasteiger partial charge in [-0.15, -0.1) is 13.2 Å². The van der Waals surface area contributed by atoms with E-state index in [9.17, 15) is 22.8 Å². The monoisotopic (exact) mass is 537 g/mol. The van der Waals surface area contributed by atoms with Gasteiger partial charge in [-0.2, -0.15) is 5.10 Å². The van der Waals surface area contributed by atoms with Crippen molar-refractivity contribution in [3.05, 3.63) is 90.5 Å². The molecule has 11 heteroatoms. The largest absolute Gasteiger partial charge is 0.573 e. The minimum Gasteiger partial charge on any atom is -0.406 e. The molecule has 0 atom stereocenters. The first kappa shape index (κ1) is 27.4. The Bertz CT molecular complexity index is 1420. The van der Waals surface area contributed by atoms with Gasteiger partial charge in [-0.25, -0.2) is 4.68 Å². The lowest BCUT2D eigenvalue weighted by atomic mass is 10.1. The van der Waals surface area contributed by atoms with E-state index in [1.807, 2.05) is 61.5 Å². The van der Waals surface area contributed by atoms with Crippen LogP contribution in [0.25, 0.3) is 16.9 Å². The van der Waals surface area contributed by atoms with E-state index < -0.39 is 18.0 Å². The van der Waals surface area contributed by atoms with E-state index in [0.717, 1.165) is 28.9 Å². The molecule has 0 unspecified atom stereocenters. The number of carbonyl (C=O) groups is 2. The van der Waals surface area contributed by atoms with Gasteiger partial charge < -0.3 is 15.4 Å². The average Bonchev–Trinajstić information content (AvgIpc) is 3.28. The molecule has 0 bridgehead atoms. The number of anilines is 2. The summed E-state index contributed by atoms with van der Waals surface area (Å²) < 4.78 is 42.4. The zero-order valence-corrected chi connectivity index (χ0v) is 21.2. The van der Waals surface area contributed by atoms with Crippen LogP contribution in [-0.2, 0) is 9.59 Å². The van der Waals surface area contributed by atoms with Gasteiger partial charge in [-0.05, 0) is 50.4 Å². The molecule has 4 aromatic rings. The van der Waals surface area contributed by atoms with Crippen LogP contribution in [-0.4, -0.2) is 53.0 Å². The topological polar surface area (TPSA) is 88.5 Å². The number of benzene rings is 3. The molecule has 4 rings (SSSR count). The van der Waals surface area contributed by atoms with Crippen LogP contribution >= 0.6 is 0 Å². The number of halogens is 3. The Kier molecular flexibility index (Phi) is 8.30. The standard InChI is InChI=1S/C28H26F3N5O3/c1-19-8-10-20(11-9-19)24-16-25(36(34-24)22-6-4-3-5-7-22)33-27(38)18-35(2)17-26(37)32-21-12-14-23(15-13-21)39-28(29,30)31/h3-16H,17-18H2,1-2H3,(H,32,37)(H,33,38). The van der Waals surface area contributed by atoms with E-state index in [4.69, 9.17) is 0 Å². The van der Waals surface area contributed by atoms with Crippen LogP contribution in [0.1, 0.15) is 5.56 Å². The summed E-state index contributed by atoms with van der Waals surface area (Å²) in [7, 11) is 1.60. The number of amides is 2. The Hall–Kier alpha value is -4.64. The first-order chi connectivity index (χ1) is 18.6. The normalized spacial score (nSPS) is 11.3.